The van der Waals surface area contributed by atoms with Gasteiger partial charge >= 0.3 is 0 Å². The van der Waals surface area contributed by atoms with Crippen molar-refractivity contribution in [2.24, 2.45) is 10.7 Å². The fraction of sp³-hybridized carbons (Fsp3) is 0.278. The zero-order valence-corrected chi connectivity index (χ0v) is 15.4. The number of benzene rings is 1. The van der Waals surface area contributed by atoms with E-state index in [0.29, 0.717) is 5.82 Å². The second kappa shape index (κ2) is 5.79. The normalized spacial score (nSPS) is 16.0. The van der Waals surface area contributed by atoms with Crippen LogP contribution in [0.1, 0.15) is 39.4 Å². The minimum absolute atomic E-state index is 0.558. The summed E-state index contributed by atoms with van der Waals surface area (Å²) in [5.41, 5.74) is 10.5. The highest BCUT2D eigenvalue weighted by Gasteiger charge is 2.29. The van der Waals surface area contributed by atoms with Gasteiger partial charge in [0, 0.05) is 16.0 Å². The Kier molecular flexibility index (Phi) is 3.70. The molecule has 25 heavy (non-hydrogen) atoms. The maximum absolute atomic E-state index is 6.34. The number of aryl methyl sites for hydroxylation is 2. The van der Waals surface area contributed by atoms with Gasteiger partial charge in [0.25, 0.3) is 0 Å². The van der Waals surface area contributed by atoms with Crippen LogP contribution in [0, 0.1) is 20.8 Å². The Morgan fingerprint density at radius 2 is 1.84 bits per heavy atom. The van der Waals surface area contributed by atoms with Gasteiger partial charge in [0.15, 0.2) is 12.0 Å². The fourth-order valence-corrected chi connectivity index (χ4v) is 4.31. The van der Waals surface area contributed by atoms with Crippen molar-refractivity contribution in [2.75, 3.05) is 7.11 Å². The van der Waals surface area contributed by atoms with Crippen molar-refractivity contribution in [3.8, 4) is 10.8 Å². The molecule has 2 aromatic heterocycles. The van der Waals surface area contributed by atoms with Crippen LogP contribution in [0.25, 0.3) is 5.00 Å². The van der Waals surface area contributed by atoms with Gasteiger partial charge in [0.05, 0.1) is 12.8 Å². The van der Waals surface area contributed by atoms with E-state index < -0.39 is 6.17 Å². The van der Waals surface area contributed by atoms with Crippen LogP contribution in [0.4, 0.5) is 0 Å². The quantitative estimate of drug-likeness (QED) is 0.768. The molecule has 4 rings (SSSR count). The minimum Gasteiger partial charge on any atom is -0.497 e. The molecule has 2 N–H and O–H groups in total. The standard InChI is InChI=1S/C18H19N5OS/c1-9-10(2)25-18-14(9)15(12-5-7-13(24-4)8-6-12)20-16(19)17-22-21-11(3)23(17)18/h5-8,16H,19H2,1-4H3. The summed E-state index contributed by atoms with van der Waals surface area (Å²) in [7, 11) is 1.66. The maximum atomic E-state index is 6.34. The molecule has 128 valence electrons. The third-order valence-corrected chi connectivity index (χ3v) is 5.75. The number of hydrogen-bond donors (Lipinski definition) is 1. The van der Waals surface area contributed by atoms with Crippen molar-refractivity contribution < 1.29 is 4.74 Å². The number of aromatic nitrogens is 3. The van der Waals surface area contributed by atoms with Crippen LogP contribution in [0.3, 0.4) is 0 Å². The maximum Gasteiger partial charge on any atom is 0.177 e. The summed E-state index contributed by atoms with van der Waals surface area (Å²) in [4.78, 5) is 6.06. The third kappa shape index (κ3) is 2.39. The van der Waals surface area contributed by atoms with Crippen LogP contribution >= 0.6 is 11.3 Å². The van der Waals surface area contributed by atoms with E-state index in [9.17, 15) is 0 Å². The monoisotopic (exact) mass is 353 g/mol. The van der Waals surface area contributed by atoms with E-state index in [-0.39, 0.29) is 0 Å². The number of methoxy groups -OCH3 is 1. The molecule has 0 radical (unpaired) electrons. The van der Waals surface area contributed by atoms with E-state index in [2.05, 4.69) is 24.0 Å². The molecule has 7 heteroatoms. The molecule has 0 amide bonds. The SMILES string of the molecule is COc1ccc(C2=NC(N)c3nnc(C)n3-c3sc(C)c(C)c32)cc1. The van der Waals surface area contributed by atoms with Crippen LogP contribution in [0.2, 0.25) is 0 Å². The zero-order valence-electron chi connectivity index (χ0n) is 14.6. The number of rotatable bonds is 2. The van der Waals surface area contributed by atoms with Crippen molar-refractivity contribution in [3.63, 3.8) is 0 Å². The van der Waals surface area contributed by atoms with E-state index in [1.807, 2.05) is 35.8 Å². The van der Waals surface area contributed by atoms with Crippen LogP contribution < -0.4 is 10.5 Å². The average molecular weight is 353 g/mol. The smallest absolute Gasteiger partial charge is 0.177 e. The van der Waals surface area contributed by atoms with Crippen LogP contribution in [0.15, 0.2) is 29.3 Å². The summed E-state index contributed by atoms with van der Waals surface area (Å²) in [6, 6.07) is 7.90. The van der Waals surface area contributed by atoms with E-state index in [1.165, 1.54) is 10.4 Å². The second-order valence-electron chi connectivity index (χ2n) is 6.06. The fourth-order valence-electron chi connectivity index (χ4n) is 3.10. The van der Waals surface area contributed by atoms with Gasteiger partial charge in [0.1, 0.15) is 16.6 Å². The number of thiophene rings is 1. The van der Waals surface area contributed by atoms with Crippen molar-refractivity contribution in [2.45, 2.75) is 26.9 Å². The lowest BCUT2D eigenvalue weighted by molar-refractivity contribution is 0.415. The van der Waals surface area contributed by atoms with Crippen LogP contribution in [0.5, 0.6) is 5.75 Å². The largest absolute Gasteiger partial charge is 0.497 e. The van der Waals surface area contributed by atoms with Gasteiger partial charge in [-0.15, -0.1) is 21.5 Å². The van der Waals surface area contributed by atoms with Gasteiger partial charge in [-0.3, -0.25) is 9.56 Å². The molecule has 0 spiro atoms. The van der Waals surface area contributed by atoms with E-state index in [4.69, 9.17) is 15.5 Å². The van der Waals surface area contributed by atoms with Gasteiger partial charge in [-0.1, -0.05) is 0 Å². The van der Waals surface area contributed by atoms with E-state index >= 15 is 0 Å². The van der Waals surface area contributed by atoms with Crippen molar-refractivity contribution >= 4 is 17.0 Å². The molecule has 3 aromatic rings. The molecule has 1 unspecified atom stereocenters. The number of ether oxygens (including phenoxy) is 1. The minimum atomic E-state index is -0.558. The van der Waals surface area contributed by atoms with Gasteiger partial charge in [-0.25, -0.2) is 0 Å². The van der Waals surface area contributed by atoms with Crippen molar-refractivity contribution in [3.05, 3.63) is 57.5 Å². The molecule has 3 heterocycles. The Bertz CT molecular complexity index is 984. The molecule has 0 saturated carbocycles. The molecule has 6 nitrogen and oxygen atoms in total. The van der Waals surface area contributed by atoms with Crippen molar-refractivity contribution in [1.82, 2.24) is 14.8 Å². The highest BCUT2D eigenvalue weighted by atomic mass is 32.1. The first-order chi connectivity index (χ1) is 12.0. The lowest BCUT2D eigenvalue weighted by Gasteiger charge is -2.10. The summed E-state index contributed by atoms with van der Waals surface area (Å²) in [6.45, 7) is 6.19. The molecule has 0 saturated heterocycles. The van der Waals surface area contributed by atoms with Crippen molar-refractivity contribution in [1.29, 1.82) is 0 Å². The Balaban J connectivity index is 1.99. The number of fused-ring (bicyclic) bond motifs is 3. The Labute approximate surface area is 150 Å². The first-order valence-corrected chi connectivity index (χ1v) is 8.83. The molecule has 1 aromatic carbocycles. The highest BCUT2D eigenvalue weighted by Crippen LogP contribution is 2.37. The van der Waals surface area contributed by atoms with E-state index in [1.54, 1.807) is 18.4 Å². The number of hydrogen-bond acceptors (Lipinski definition) is 6. The van der Waals surface area contributed by atoms with Crippen LogP contribution in [-0.4, -0.2) is 27.6 Å². The molecule has 0 aliphatic carbocycles. The predicted molar refractivity (Wildman–Crippen MR) is 99.0 cm³/mol. The molecule has 1 aliphatic heterocycles. The topological polar surface area (TPSA) is 78.3 Å². The van der Waals surface area contributed by atoms with Gasteiger partial charge < -0.3 is 10.5 Å². The number of nitrogens with zero attached hydrogens (tertiary/aromatic N) is 4. The highest BCUT2D eigenvalue weighted by molar-refractivity contribution is 7.15. The Morgan fingerprint density at radius 1 is 1.12 bits per heavy atom. The number of aliphatic imine (C=N–C) groups is 1. The molecule has 1 aliphatic rings. The first-order valence-electron chi connectivity index (χ1n) is 8.01. The van der Waals surface area contributed by atoms with E-state index in [0.717, 1.165) is 33.4 Å². The molecular weight excluding hydrogens is 334 g/mol. The lowest BCUT2D eigenvalue weighted by atomic mass is 10.00. The summed E-state index contributed by atoms with van der Waals surface area (Å²) in [5, 5.41) is 9.54. The molecule has 0 bridgehead atoms. The Morgan fingerprint density at radius 3 is 2.52 bits per heavy atom. The first kappa shape index (κ1) is 16.0. The average Bonchev–Trinajstić information content (AvgIpc) is 3.09. The molecular formula is C18H19N5OS. The second-order valence-corrected chi connectivity index (χ2v) is 7.26. The van der Waals surface area contributed by atoms with Gasteiger partial charge in [-0.2, -0.15) is 0 Å². The molecule has 1 atom stereocenters. The number of nitrogens with two attached hydrogens (primary N) is 1. The summed E-state index contributed by atoms with van der Waals surface area (Å²) >= 11 is 1.72. The summed E-state index contributed by atoms with van der Waals surface area (Å²) < 4.78 is 7.30. The third-order valence-electron chi connectivity index (χ3n) is 4.55. The Hall–Kier alpha value is -2.51. The summed E-state index contributed by atoms with van der Waals surface area (Å²) in [5.74, 6) is 2.30. The predicted octanol–water partition coefficient (Wildman–Crippen LogP) is 3.07. The summed E-state index contributed by atoms with van der Waals surface area (Å²) in [6.07, 6.45) is -0.558. The van der Waals surface area contributed by atoms with Gasteiger partial charge in [0.2, 0.25) is 0 Å². The molecule has 0 fully saturated rings. The zero-order chi connectivity index (χ0) is 17.7. The van der Waals surface area contributed by atoms with Gasteiger partial charge in [-0.05, 0) is 50.6 Å². The van der Waals surface area contributed by atoms with Crippen LogP contribution in [-0.2, 0) is 0 Å². The lowest BCUT2D eigenvalue weighted by Crippen LogP contribution is -2.14.